The van der Waals surface area contributed by atoms with Crippen LogP contribution in [0.25, 0.3) is 0 Å². The van der Waals surface area contributed by atoms with Crippen LogP contribution in [-0.2, 0) is 16.0 Å². The highest BCUT2D eigenvalue weighted by atomic mass is 16.5. The van der Waals surface area contributed by atoms with Gasteiger partial charge in [0, 0.05) is 32.3 Å². The third-order valence-electron chi connectivity index (χ3n) is 3.64. The normalized spacial score (nSPS) is 14.0. The lowest BCUT2D eigenvalue weighted by molar-refractivity contribution is -0.116. The molecule has 2 rings (SSSR count). The third-order valence-corrected chi connectivity index (χ3v) is 3.64. The maximum absolute atomic E-state index is 11.5. The van der Waals surface area contributed by atoms with E-state index in [2.05, 4.69) is 30.1 Å². The summed E-state index contributed by atoms with van der Waals surface area (Å²) in [7, 11) is 1.71. The van der Waals surface area contributed by atoms with E-state index in [1.54, 1.807) is 7.11 Å². The zero-order chi connectivity index (χ0) is 15.4. The number of fused-ring (bicyclic) bond motifs is 1. The fourth-order valence-corrected chi connectivity index (χ4v) is 2.66. The molecule has 0 aromatic heterocycles. The highest BCUT2D eigenvalue weighted by Crippen LogP contribution is 2.33. The van der Waals surface area contributed by atoms with Crippen molar-refractivity contribution in [1.29, 1.82) is 0 Å². The van der Waals surface area contributed by atoms with Gasteiger partial charge in [0.05, 0.1) is 18.0 Å². The van der Waals surface area contributed by atoms with Crippen molar-refractivity contribution in [3.8, 4) is 0 Å². The van der Waals surface area contributed by atoms with Crippen LogP contribution in [0.15, 0.2) is 12.1 Å². The second kappa shape index (κ2) is 6.80. The number of nitrogens with zero attached hydrogens (tertiary/aromatic N) is 1. The minimum absolute atomic E-state index is 0.0630. The fraction of sp³-hybridized carbons (Fsp3) is 0.562. The summed E-state index contributed by atoms with van der Waals surface area (Å²) in [6.45, 7) is 6.78. The fourth-order valence-electron chi connectivity index (χ4n) is 2.66. The predicted molar refractivity (Wildman–Crippen MR) is 86.7 cm³/mol. The summed E-state index contributed by atoms with van der Waals surface area (Å²) >= 11 is 0. The van der Waals surface area contributed by atoms with Crippen molar-refractivity contribution in [1.82, 2.24) is 0 Å². The Labute approximate surface area is 126 Å². The SMILES string of the molecule is COCCN(CC(C)C)c1cc2c(cc1N)NC(=O)CC2. The van der Waals surface area contributed by atoms with Crippen LogP contribution in [-0.4, -0.2) is 32.7 Å². The van der Waals surface area contributed by atoms with E-state index in [1.807, 2.05) is 6.07 Å². The first-order valence-corrected chi connectivity index (χ1v) is 7.47. The second-order valence-electron chi connectivity index (χ2n) is 5.95. The second-order valence-corrected chi connectivity index (χ2v) is 5.95. The largest absolute Gasteiger partial charge is 0.397 e. The van der Waals surface area contributed by atoms with Crippen LogP contribution >= 0.6 is 0 Å². The van der Waals surface area contributed by atoms with Crippen LogP contribution in [0.4, 0.5) is 17.1 Å². The summed E-state index contributed by atoms with van der Waals surface area (Å²) in [6, 6.07) is 3.99. The van der Waals surface area contributed by atoms with E-state index in [-0.39, 0.29) is 5.91 Å². The van der Waals surface area contributed by atoms with Crippen LogP contribution in [0.3, 0.4) is 0 Å². The Morgan fingerprint density at radius 1 is 1.38 bits per heavy atom. The molecule has 0 atom stereocenters. The van der Waals surface area contributed by atoms with Crippen LogP contribution in [0, 0.1) is 5.92 Å². The molecule has 21 heavy (non-hydrogen) atoms. The molecule has 0 aliphatic carbocycles. The molecule has 0 radical (unpaired) electrons. The average molecular weight is 291 g/mol. The maximum Gasteiger partial charge on any atom is 0.224 e. The van der Waals surface area contributed by atoms with E-state index in [0.29, 0.717) is 24.6 Å². The van der Waals surface area contributed by atoms with E-state index in [1.165, 1.54) is 0 Å². The Balaban J connectivity index is 2.29. The number of nitrogen functional groups attached to an aromatic ring is 1. The van der Waals surface area contributed by atoms with Gasteiger partial charge in [-0.05, 0) is 30.0 Å². The quantitative estimate of drug-likeness (QED) is 0.789. The van der Waals surface area contributed by atoms with Gasteiger partial charge < -0.3 is 20.7 Å². The number of amides is 1. The van der Waals surface area contributed by atoms with Crippen LogP contribution in [0.5, 0.6) is 0 Å². The number of ether oxygens (including phenoxy) is 1. The predicted octanol–water partition coefficient (Wildman–Crippen LogP) is 2.26. The van der Waals surface area contributed by atoms with Crippen molar-refractivity contribution in [2.45, 2.75) is 26.7 Å². The number of rotatable bonds is 6. The van der Waals surface area contributed by atoms with Gasteiger partial charge in [0.15, 0.2) is 0 Å². The zero-order valence-electron chi connectivity index (χ0n) is 13.1. The first kappa shape index (κ1) is 15.6. The molecule has 116 valence electrons. The molecule has 1 amide bonds. The summed E-state index contributed by atoms with van der Waals surface area (Å²) in [5.41, 5.74) is 9.95. The number of hydrogen-bond acceptors (Lipinski definition) is 4. The van der Waals surface area contributed by atoms with Gasteiger partial charge in [0.2, 0.25) is 5.91 Å². The number of methoxy groups -OCH3 is 1. The zero-order valence-corrected chi connectivity index (χ0v) is 13.1. The van der Waals surface area contributed by atoms with Crippen LogP contribution in [0.2, 0.25) is 0 Å². The van der Waals surface area contributed by atoms with Crippen molar-refractivity contribution >= 4 is 23.0 Å². The van der Waals surface area contributed by atoms with E-state index in [4.69, 9.17) is 10.5 Å². The summed E-state index contributed by atoms with van der Waals surface area (Å²) < 4.78 is 5.20. The minimum atomic E-state index is 0.0630. The molecule has 0 unspecified atom stereocenters. The number of aryl methyl sites for hydroxylation is 1. The first-order chi connectivity index (χ1) is 10.0. The van der Waals surface area contributed by atoms with E-state index in [9.17, 15) is 4.79 Å². The molecule has 3 N–H and O–H groups in total. The molecular formula is C16H25N3O2. The number of carbonyl (C=O) groups is 1. The molecule has 0 fully saturated rings. The maximum atomic E-state index is 11.5. The lowest BCUT2D eigenvalue weighted by atomic mass is 10.0. The number of nitrogens with one attached hydrogen (secondary N) is 1. The molecule has 1 aliphatic heterocycles. The molecule has 0 bridgehead atoms. The Hall–Kier alpha value is -1.75. The molecule has 0 saturated heterocycles. The topological polar surface area (TPSA) is 67.6 Å². The molecule has 1 aromatic rings. The van der Waals surface area contributed by atoms with Gasteiger partial charge in [-0.2, -0.15) is 0 Å². The van der Waals surface area contributed by atoms with Gasteiger partial charge in [-0.25, -0.2) is 0 Å². The Morgan fingerprint density at radius 2 is 2.14 bits per heavy atom. The Morgan fingerprint density at radius 3 is 2.81 bits per heavy atom. The molecule has 1 heterocycles. The van der Waals surface area contributed by atoms with Gasteiger partial charge in [0.1, 0.15) is 0 Å². The number of benzene rings is 1. The minimum Gasteiger partial charge on any atom is -0.397 e. The van der Waals surface area contributed by atoms with E-state index in [0.717, 1.165) is 36.4 Å². The summed E-state index contributed by atoms with van der Waals surface area (Å²) in [6.07, 6.45) is 1.31. The van der Waals surface area contributed by atoms with Gasteiger partial charge in [-0.15, -0.1) is 0 Å². The van der Waals surface area contributed by atoms with E-state index < -0.39 is 0 Å². The Kier molecular flexibility index (Phi) is 5.07. The molecule has 0 spiro atoms. The monoisotopic (exact) mass is 291 g/mol. The van der Waals surface area contributed by atoms with Crippen molar-refractivity contribution in [2.24, 2.45) is 5.92 Å². The number of hydrogen-bond donors (Lipinski definition) is 2. The summed E-state index contributed by atoms with van der Waals surface area (Å²) in [4.78, 5) is 13.7. The van der Waals surface area contributed by atoms with Crippen molar-refractivity contribution in [2.75, 3.05) is 42.8 Å². The molecule has 5 heteroatoms. The molecule has 1 aromatic carbocycles. The number of carbonyl (C=O) groups excluding carboxylic acids is 1. The van der Waals surface area contributed by atoms with Gasteiger partial charge in [-0.3, -0.25) is 4.79 Å². The lowest BCUT2D eigenvalue weighted by Gasteiger charge is -2.29. The van der Waals surface area contributed by atoms with E-state index >= 15 is 0 Å². The van der Waals surface area contributed by atoms with Gasteiger partial charge >= 0.3 is 0 Å². The van der Waals surface area contributed by atoms with Crippen molar-refractivity contribution < 1.29 is 9.53 Å². The Bertz CT molecular complexity index is 514. The van der Waals surface area contributed by atoms with Crippen LogP contribution < -0.4 is 16.0 Å². The molecule has 5 nitrogen and oxygen atoms in total. The number of nitrogens with two attached hydrogens (primary N) is 1. The highest BCUT2D eigenvalue weighted by molar-refractivity contribution is 5.95. The van der Waals surface area contributed by atoms with Crippen molar-refractivity contribution in [3.05, 3.63) is 17.7 Å². The molecule has 1 aliphatic rings. The first-order valence-electron chi connectivity index (χ1n) is 7.47. The highest BCUT2D eigenvalue weighted by Gasteiger charge is 2.19. The van der Waals surface area contributed by atoms with Crippen molar-refractivity contribution in [3.63, 3.8) is 0 Å². The molecular weight excluding hydrogens is 266 g/mol. The summed E-state index contributed by atoms with van der Waals surface area (Å²) in [5.74, 6) is 0.602. The van der Waals surface area contributed by atoms with Crippen LogP contribution in [0.1, 0.15) is 25.8 Å². The third kappa shape index (κ3) is 3.88. The van der Waals surface area contributed by atoms with Gasteiger partial charge in [-0.1, -0.05) is 13.8 Å². The van der Waals surface area contributed by atoms with Gasteiger partial charge in [0.25, 0.3) is 0 Å². The smallest absolute Gasteiger partial charge is 0.224 e. The summed E-state index contributed by atoms with van der Waals surface area (Å²) in [5, 5.41) is 2.89. The average Bonchev–Trinajstić information content (AvgIpc) is 2.42. The molecule has 0 saturated carbocycles. The lowest BCUT2D eigenvalue weighted by Crippen LogP contribution is -2.32. The number of anilines is 3. The standard InChI is InChI=1S/C16H25N3O2/c1-11(2)10-19(6-7-21-3)15-8-12-4-5-16(20)18-14(12)9-13(15)17/h8-9,11H,4-7,10,17H2,1-3H3,(H,18,20).